The molecule has 0 bridgehead atoms. The maximum absolute atomic E-state index is 13.9. The van der Waals surface area contributed by atoms with E-state index < -0.39 is 34.8 Å². The SMILES string of the molecule is O=C1C(=Cc2cc3c(s2)-c2sc4cc(C=C5Cc6cc(F)c(F)cc6C5)sc4c2C32CCCCC2)C(=O)c2cc(F)c(F)cc21. The Morgan fingerprint density at radius 2 is 1.24 bits per heavy atom. The van der Waals surface area contributed by atoms with Gasteiger partial charge in [0.05, 0.1) is 15.2 Å². The minimum absolute atomic E-state index is 0.0581. The Bertz CT molecular complexity index is 2160. The highest BCUT2D eigenvalue weighted by Crippen LogP contribution is 2.63. The summed E-state index contributed by atoms with van der Waals surface area (Å²) in [7, 11) is 0. The van der Waals surface area contributed by atoms with Crippen LogP contribution in [-0.4, -0.2) is 11.6 Å². The minimum Gasteiger partial charge on any atom is -0.288 e. The Morgan fingerprint density at radius 1 is 0.644 bits per heavy atom. The number of halogens is 4. The third kappa shape index (κ3) is 3.96. The minimum atomic E-state index is -1.14. The lowest BCUT2D eigenvalue weighted by molar-refractivity contribution is 0.0990. The van der Waals surface area contributed by atoms with Gasteiger partial charge in [0.2, 0.25) is 0 Å². The van der Waals surface area contributed by atoms with Gasteiger partial charge in [-0.05, 0) is 90.9 Å². The van der Waals surface area contributed by atoms with Gasteiger partial charge in [0.25, 0.3) is 0 Å². The van der Waals surface area contributed by atoms with E-state index in [0.29, 0.717) is 12.8 Å². The quantitative estimate of drug-likeness (QED) is 0.107. The molecule has 0 N–H and O–H groups in total. The molecule has 0 unspecified atom stereocenters. The largest absolute Gasteiger partial charge is 0.288 e. The molecule has 45 heavy (non-hydrogen) atoms. The van der Waals surface area contributed by atoms with Crippen LogP contribution in [0.25, 0.3) is 31.3 Å². The number of hydrogen-bond acceptors (Lipinski definition) is 5. The lowest BCUT2D eigenvalue weighted by Gasteiger charge is -2.35. The summed E-state index contributed by atoms with van der Waals surface area (Å²) >= 11 is 5.11. The maximum Gasteiger partial charge on any atom is 0.197 e. The summed E-state index contributed by atoms with van der Waals surface area (Å²) in [6, 6.07) is 8.61. The van der Waals surface area contributed by atoms with E-state index in [0.717, 1.165) is 64.3 Å². The van der Waals surface area contributed by atoms with Gasteiger partial charge in [-0.3, -0.25) is 9.59 Å². The van der Waals surface area contributed by atoms with Crippen LogP contribution in [0.2, 0.25) is 0 Å². The van der Waals surface area contributed by atoms with E-state index in [1.54, 1.807) is 40.1 Å². The molecule has 3 aromatic heterocycles. The molecule has 9 heteroatoms. The highest BCUT2D eigenvalue weighted by Gasteiger charge is 2.48. The predicted molar refractivity (Wildman–Crippen MR) is 172 cm³/mol. The molecule has 1 spiro atoms. The Kier molecular flexibility index (Phi) is 5.94. The first-order chi connectivity index (χ1) is 21.7. The van der Waals surface area contributed by atoms with Crippen molar-refractivity contribution in [1.82, 2.24) is 0 Å². The van der Waals surface area contributed by atoms with Gasteiger partial charge in [0.1, 0.15) is 0 Å². The summed E-state index contributed by atoms with van der Waals surface area (Å²) in [5.74, 6) is -5.04. The molecule has 0 saturated heterocycles. The Morgan fingerprint density at radius 3 is 1.89 bits per heavy atom. The fourth-order valence-electron chi connectivity index (χ4n) is 7.79. The standard InChI is InChI=1S/C36H22F4O2S3/c37-25-9-17-6-16(7-18(17)10-26(25)38)8-19-13-29-34(44-19)30-35(45-29)33-24(36(30)4-2-1-3-5-36)12-20(43-33)11-23-31(41)21-14-27(39)28(40)15-22(21)32(23)42/h8-15H,1-7H2. The molecule has 4 aliphatic rings. The van der Waals surface area contributed by atoms with E-state index >= 15 is 0 Å². The molecule has 0 amide bonds. The summed E-state index contributed by atoms with van der Waals surface area (Å²) in [6.45, 7) is 0. The predicted octanol–water partition coefficient (Wildman–Crippen LogP) is 10.5. The monoisotopic (exact) mass is 658 g/mol. The molecule has 4 aliphatic carbocycles. The maximum atomic E-state index is 13.9. The van der Waals surface area contributed by atoms with Crippen LogP contribution in [0.1, 0.15) is 84.8 Å². The second kappa shape index (κ2) is 9.67. The average molecular weight is 659 g/mol. The van der Waals surface area contributed by atoms with Crippen molar-refractivity contribution >= 4 is 67.1 Å². The number of benzene rings is 2. The van der Waals surface area contributed by atoms with Crippen molar-refractivity contribution in [2.24, 2.45) is 0 Å². The normalized spacial score (nSPS) is 17.8. The van der Waals surface area contributed by atoms with Crippen molar-refractivity contribution < 1.29 is 27.2 Å². The molecular weight excluding hydrogens is 637 g/mol. The number of carbonyl (C=O) groups excluding carboxylic acids is 2. The molecule has 5 aromatic rings. The van der Waals surface area contributed by atoms with Crippen molar-refractivity contribution in [3.05, 3.63) is 114 Å². The number of carbonyl (C=O) groups is 2. The number of thiophene rings is 3. The average Bonchev–Trinajstić information content (AvgIpc) is 3.83. The fraction of sp³-hybridized carbons (Fsp3) is 0.222. The highest BCUT2D eigenvalue weighted by atomic mass is 32.1. The molecule has 9 rings (SSSR count). The number of allylic oxidation sites excluding steroid dienone is 2. The Hall–Kier alpha value is -3.66. The van der Waals surface area contributed by atoms with Gasteiger partial charge in [0, 0.05) is 41.4 Å². The van der Waals surface area contributed by atoms with Crippen LogP contribution in [0.4, 0.5) is 17.6 Å². The second-order valence-corrected chi connectivity index (χ2v) is 15.6. The highest BCUT2D eigenvalue weighted by molar-refractivity contribution is 7.32. The summed E-state index contributed by atoms with van der Waals surface area (Å²) in [4.78, 5) is 30.5. The van der Waals surface area contributed by atoms with Crippen molar-refractivity contribution in [2.75, 3.05) is 0 Å². The fourth-order valence-corrected chi connectivity index (χ4v) is 12.0. The van der Waals surface area contributed by atoms with Crippen LogP contribution in [0.3, 0.4) is 0 Å². The first-order valence-corrected chi connectivity index (χ1v) is 17.3. The van der Waals surface area contributed by atoms with E-state index in [1.807, 2.05) is 0 Å². The molecule has 2 nitrogen and oxygen atoms in total. The van der Waals surface area contributed by atoms with Crippen molar-refractivity contribution in [1.29, 1.82) is 0 Å². The summed E-state index contributed by atoms with van der Waals surface area (Å²) < 4.78 is 57.9. The van der Waals surface area contributed by atoms with Gasteiger partial charge < -0.3 is 0 Å². The van der Waals surface area contributed by atoms with Gasteiger partial charge in [0.15, 0.2) is 34.8 Å². The van der Waals surface area contributed by atoms with Crippen molar-refractivity contribution in [3.63, 3.8) is 0 Å². The first kappa shape index (κ1) is 27.6. The van der Waals surface area contributed by atoms with Crippen LogP contribution in [-0.2, 0) is 18.3 Å². The first-order valence-electron chi connectivity index (χ1n) is 14.9. The molecule has 0 radical (unpaired) electrons. The summed E-state index contributed by atoms with van der Waals surface area (Å²) in [6.07, 6.45) is 10.5. The molecule has 3 heterocycles. The number of rotatable bonds is 2. The molecular formula is C36H22F4O2S3. The van der Waals surface area contributed by atoms with E-state index in [-0.39, 0.29) is 22.1 Å². The third-order valence-corrected chi connectivity index (χ3v) is 13.4. The topological polar surface area (TPSA) is 34.1 Å². The molecule has 224 valence electrons. The van der Waals surface area contributed by atoms with E-state index in [1.165, 1.54) is 48.8 Å². The number of hydrogen-bond donors (Lipinski definition) is 0. The number of fused-ring (bicyclic) bond motifs is 9. The van der Waals surface area contributed by atoms with Crippen molar-refractivity contribution in [3.8, 4) is 9.75 Å². The Labute approximate surface area is 267 Å². The van der Waals surface area contributed by atoms with Crippen molar-refractivity contribution in [2.45, 2.75) is 50.4 Å². The molecule has 0 aliphatic heterocycles. The van der Waals surface area contributed by atoms with Crippen LogP contribution in [0.15, 0.2) is 47.5 Å². The van der Waals surface area contributed by atoms with E-state index in [9.17, 15) is 27.2 Å². The lowest BCUT2D eigenvalue weighted by atomic mass is 9.68. The van der Waals surface area contributed by atoms with Gasteiger partial charge in [-0.2, -0.15) is 0 Å². The smallest absolute Gasteiger partial charge is 0.197 e. The second-order valence-electron chi connectivity index (χ2n) is 12.4. The van der Waals surface area contributed by atoms with Gasteiger partial charge in [-0.25, -0.2) is 17.6 Å². The van der Waals surface area contributed by atoms with Gasteiger partial charge >= 0.3 is 0 Å². The zero-order chi connectivity index (χ0) is 30.8. The molecule has 2 aromatic carbocycles. The third-order valence-electron chi connectivity index (χ3n) is 9.79. The number of ketones is 2. The molecule has 0 atom stereocenters. The van der Waals surface area contributed by atoms with Crippen LogP contribution in [0, 0.1) is 23.3 Å². The molecule has 1 saturated carbocycles. The molecule has 1 fully saturated rings. The summed E-state index contributed by atoms with van der Waals surface area (Å²) in [5, 5.41) is 0. The van der Waals surface area contributed by atoms with Gasteiger partial charge in [-0.1, -0.05) is 24.8 Å². The lowest BCUT2D eigenvalue weighted by Crippen LogP contribution is -2.27. The summed E-state index contributed by atoms with van der Waals surface area (Å²) in [5.41, 5.74) is 5.10. The van der Waals surface area contributed by atoms with Crippen LogP contribution in [0.5, 0.6) is 0 Å². The van der Waals surface area contributed by atoms with Gasteiger partial charge in [-0.15, -0.1) is 34.0 Å². The van der Waals surface area contributed by atoms with Crippen LogP contribution < -0.4 is 0 Å². The zero-order valence-electron chi connectivity index (χ0n) is 23.6. The number of Topliss-reactive ketones (excluding diaryl/α,β-unsaturated/α-hetero) is 2. The Balaban J connectivity index is 1.10. The van der Waals surface area contributed by atoms with Crippen LogP contribution >= 0.6 is 34.0 Å². The van der Waals surface area contributed by atoms with E-state index in [2.05, 4.69) is 18.2 Å². The zero-order valence-corrected chi connectivity index (χ0v) is 26.1. The van der Waals surface area contributed by atoms with E-state index in [4.69, 9.17) is 0 Å².